The Morgan fingerprint density at radius 2 is 1.93 bits per heavy atom. The summed E-state index contributed by atoms with van der Waals surface area (Å²) in [4.78, 5) is 18.8. The van der Waals surface area contributed by atoms with Crippen LogP contribution in [-0.2, 0) is 12.8 Å². The highest BCUT2D eigenvalue weighted by Gasteiger charge is 2.31. The molecule has 0 unspecified atom stereocenters. The molecule has 0 saturated heterocycles. The van der Waals surface area contributed by atoms with Crippen LogP contribution in [0, 0.1) is 11.6 Å². The smallest absolute Gasteiger partial charge is 0.417 e. The highest BCUT2D eigenvalue weighted by molar-refractivity contribution is 9.10. The van der Waals surface area contributed by atoms with E-state index in [0.717, 1.165) is 24.3 Å². The SMILES string of the molecule is NC(=O)c1c(F)ccc(OCc2nc(-c3ccc(C(F)(F)F)cn3)c(Br)o2)c1F. The Balaban J connectivity index is 1.80. The van der Waals surface area contributed by atoms with E-state index in [2.05, 4.69) is 25.9 Å². The number of pyridine rings is 1. The van der Waals surface area contributed by atoms with Crippen molar-refractivity contribution in [3.8, 4) is 17.1 Å². The van der Waals surface area contributed by atoms with E-state index in [4.69, 9.17) is 14.9 Å². The third-order valence-corrected chi connectivity index (χ3v) is 4.15. The van der Waals surface area contributed by atoms with Crippen LogP contribution in [0.4, 0.5) is 22.0 Å². The number of nitrogens with two attached hydrogens (primary N) is 1. The van der Waals surface area contributed by atoms with Gasteiger partial charge in [0.05, 0.1) is 11.3 Å². The zero-order valence-electron chi connectivity index (χ0n) is 14.1. The lowest BCUT2D eigenvalue weighted by atomic mass is 10.1. The minimum Gasteiger partial charge on any atom is -0.481 e. The molecule has 0 bridgehead atoms. The van der Waals surface area contributed by atoms with Gasteiger partial charge in [-0.1, -0.05) is 0 Å². The number of nitrogens with zero attached hydrogens (tertiary/aromatic N) is 2. The van der Waals surface area contributed by atoms with Gasteiger partial charge in [0.1, 0.15) is 17.1 Å². The monoisotopic (exact) mass is 477 g/mol. The molecule has 2 N–H and O–H groups in total. The van der Waals surface area contributed by atoms with Crippen molar-refractivity contribution in [3.05, 3.63) is 63.8 Å². The predicted octanol–water partition coefficient (Wildman–Crippen LogP) is 4.47. The highest BCUT2D eigenvalue weighted by atomic mass is 79.9. The molecule has 6 nitrogen and oxygen atoms in total. The van der Waals surface area contributed by atoms with Crippen LogP contribution >= 0.6 is 15.9 Å². The van der Waals surface area contributed by atoms with Gasteiger partial charge in [0.25, 0.3) is 5.91 Å². The molecule has 29 heavy (non-hydrogen) atoms. The lowest BCUT2D eigenvalue weighted by Gasteiger charge is -2.08. The first kappa shape index (κ1) is 20.7. The summed E-state index contributed by atoms with van der Waals surface area (Å²) in [6.45, 7) is -0.431. The third-order valence-electron chi connectivity index (χ3n) is 3.62. The maximum Gasteiger partial charge on any atom is 0.417 e. The number of hydrogen-bond acceptors (Lipinski definition) is 5. The van der Waals surface area contributed by atoms with Crippen molar-refractivity contribution >= 4 is 21.8 Å². The minimum atomic E-state index is -4.53. The fourth-order valence-electron chi connectivity index (χ4n) is 2.27. The van der Waals surface area contributed by atoms with Crippen molar-refractivity contribution < 1.29 is 35.9 Å². The number of primary amides is 1. The van der Waals surface area contributed by atoms with Gasteiger partial charge in [0, 0.05) is 6.20 Å². The number of carbonyl (C=O) groups is 1. The molecule has 0 aliphatic heterocycles. The molecule has 0 spiro atoms. The first-order valence-corrected chi connectivity index (χ1v) is 8.46. The normalized spacial score (nSPS) is 11.5. The van der Waals surface area contributed by atoms with Crippen LogP contribution in [0.2, 0.25) is 0 Å². The second-order valence-electron chi connectivity index (χ2n) is 5.55. The summed E-state index contributed by atoms with van der Waals surface area (Å²) in [6, 6.07) is 3.70. The Bertz CT molecular complexity index is 1070. The van der Waals surface area contributed by atoms with Crippen LogP contribution in [0.5, 0.6) is 5.75 Å². The number of alkyl halides is 3. The first-order chi connectivity index (χ1) is 13.6. The van der Waals surface area contributed by atoms with E-state index >= 15 is 0 Å². The van der Waals surface area contributed by atoms with Gasteiger partial charge in [-0.25, -0.2) is 13.8 Å². The van der Waals surface area contributed by atoms with Gasteiger partial charge in [-0.3, -0.25) is 9.78 Å². The molecule has 2 aromatic heterocycles. The number of rotatable bonds is 5. The average Bonchev–Trinajstić information content (AvgIpc) is 3.01. The summed E-state index contributed by atoms with van der Waals surface area (Å²) in [6.07, 6.45) is -3.89. The number of halogens is 6. The van der Waals surface area contributed by atoms with E-state index in [1.807, 2.05) is 0 Å². The molecular weight excluding hydrogens is 469 g/mol. The fourth-order valence-corrected chi connectivity index (χ4v) is 2.75. The van der Waals surface area contributed by atoms with Crippen molar-refractivity contribution in [2.45, 2.75) is 12.8 Å². The molecule has 0 radical (unpaired) electrons. The van der Waals surface area contributed by atoms with Crippen LogP contribution in [0.3, 0.4) is 0 Å². The number of hydrogen-bond donors (Lipinski definition) is 1. The number of carbonyl (C=O) groups excluding carboxylic acids is 1. The summed E-state index contributed by atoms with van der Waals surface area (Å²) in [7, 11) is 0. The van der Waals surface area contributed by atoms with Crippen LogP contribution in [0.1, 0.15) is 21.8 Å². The number of oxazole rings is 1. The molecule has 0 aliphatic rings. The molecule has 3 rings (SSSR count). The van der Waals surface area contributed by atoms with Crippen molar-refractivity contribution in [2.24, 2.45) is 5.73 Å². The van der Waals surface area contributed by atoms with Gasteiger partial charge in [0.15, 0.2) is 22.8 Å². The van der Waals surface area contributed by atoms with Gasteiger partial charge < -0.3 is 14.9 Å². The molecular formula is C17H9BrF5N3O3. The van der Waals surface area contributed by atoms with E-state index in [1.165, 1.54) is 0 Å². The maximum absolute atomic E-state index is 14.1. The Kier molecular flexibility index (Phi) is 5.55. The number of amides is 1. The van der Waals surface area contributed by atoms with E-state index in [0.29, 0.717) is 6.20 Å². The van der Waals surface area contributed by atoms with Crippen LogP contribution < -0.4 is 10.5 Å². The van der Waals surface area contributed by atoms with Gasteiger partial charge >= 0.3 is 6.18 Å². The first-order valence-electron chi connectivity index (χ1n) is 7.67. The lowest BCUT2D eigenvalue weighted by molar-refractivity contribution is -0.137. The van der Waals surface area contributed by atoms with Gasteiger partial charge in [-0.15, -0.1) is 0 Å². The second kappa shape index (κ2) is 7.78. The third kappa shape index (κ3) is 4.36. The molecule has 0 aliphatic carbocycles. The number of aromatic nitrogens is 2. The van der Waals surface area contributed by atoms with Gasteiger partial charge in [-0.05, 0) is 40.2 Å². The summed E-state index contributed by atoms with van der Waals surface area (Å²) in [5, 5.41) is 0. The lowest BCUT2D eigenvalue weighted by Crippen LogP contribution is -2.16. The molecule has 1 aromatic carbocycles. The molecule has 12 heteroatoms. The Morgan fingerprint density at radius 3 is 2.52 bits per heavy atom. The zero-order valence-corrected chi connectivity index (χ0v) is 15.6. The summed E-state index contributed by atoms with van der Waals surface area (Å²) in [5.74, 6) is -4.29. The fraction of sp³-hybridized carbons (Fsp3) is 0.118. The van der Waals surface area contributed by atoms with E-state index < -0.39 is 47.2 Å². The molecule has 152 valence electrons. The van der Waals surface area contributed by atoms with Crippen LogP contribution in [0.15, 0.2) is 39.5 Å². The molecule has 0 saturated carbocycles. The summed E-state index contributed by atoms with van der Waals surface area (Å²) >= 11 is 3.06. The van der Waals surface area contributed by atoms with E-state index in [1.54, 1.807) is 0 Å². The van der Waals surface area contributed by atoms with Crippen molar-refractivity contribution in [1.29, 1.82) is 0 Å². The standard InChI is InChI=1S/C17H9BrF5N3O3/c18-15-14(9-3-1-7(5-25-9)17(21,22)23)26-11(29-15)6-28-10-4-2-8(19)12(13(10)20)16(24)27/h1-5H,6H2,(H2,24,27). The Labute approximate surface area is 167 Å². The van der Waals surface area contributed by atoms with Crippen molar-refractivity contribution in [3.63, 3.8) is 0 Å². The van der Waals surface area contributed by atoms with Crippen molar-refractivity contribution in [2.75, 3.05) is 0 Å². The quantitative estimate of drug-likeness (QED) is 0.547. The van der Waals surface area contributed by atoms with E-state index in [9.17, 15) is 26.7 Å². The van der Waals surface area contributed by atoms with Crippen LogP contribution in [0.25, 0.3) is 11.4 Å². The molecule has 0 fully saturated rings. The van der Waals surface area contributed by atoms with Gasteiger partial charge in [-0.2, -0.15) is 13.2 Å². The highest BCUT2D eigenvalue weighted by Crippen LogP contribution is 2.32. The minimum absolute atomic E-state index is 0.0563. The number of ether oxygens (including phenoxy) is 1. The predicted molar refractivity (Wildman–Crippen MR) is 91.6 cm³/mol. The second-order valence-corrected chi connectivity index (χ2v) is 6.27. The molecule has 3 aromatic rings. The average molecular weight is 478 g/mol. The molecule has 0 atom stereocenters. The summed E-state index contributed by atoms with van der Waals surface area (Å²) < 4.78 is 75.9. The van der Waals surface area contributed by atoms with Crippen LogP contribution in [-0.4, -0.2) is 15.9 Å². The summed E-state index contributed by atoms with van der Waals surface area (Å²) in [5.41, 5.74) is 3.22. The van der Waals surface area contributed by atoms with E-state index in [-0.39, 0.29) is 21.9 Å². The Morgan fingerprint density at radius 1 is 1.21 bits per heavy atom. The zero-order chi connectivity index (χ0) is 21.3. The topological polar surface area (TPSA) is 91.2 Å². The molecule has 1 amide bonds. The maximum atomic E-state index is 14.1. The molecule has 2 heterocycles. The number of benzene rings is 1. The Hall–Kier alpha value is -3.02. The van der Waals surface area contributed by atoms with Crippen molar-refractivity contribution in [1.82, 2.24) is 9.97 Å². The van der Waals surface area contributed by atoms with Gasteiger partial charge in [0.2, 0.25) is 5.89 Å². The largest absolute Gasteiger partial charge is 0.481 e.